The number of piperidine rings is 1. The van der Waals surface area contributed by atoms with Crippen LogP contribution in [-0.4, -0.2) is 49.8 Å². The fraction of sp³-hybridized carbons (Fsp3) is 1.00. The Morgan fingerprint density at radius 2 is 1.83 bits per heavy atom. The van der Waals surface area contributed by atoms with Crippen LogP contribution < -0.4 is 5.32 Å². The molecular weight excluding hydrogens is 224 g/mol. The molecule has 3 heteroatoms. The molecule has 0 spiro atoms. The van der Waals surface area contributed by atoms with Crippen LogP contribution in [0.15, 0.2) is 0 Å². The molecule has 0 amide bonds. The second-order valence-electron chi connectivity index (χ2n) is 6.21. The molecule has 4 unspecified atom stereocenters. The van der Waals surface area contributed by atoms with Crippen LogP contribution in [0.1, 0.15) is 40.0 Å². The number of nitrogens with one attached hydrogen (secondary N) is 1. The normalized spacial score (nSPS) is 37.7. The van der Waals surface area contributed by atoms with Gasteiger partial charge in [-0.3, -0.25) is 4.90 Å². The van der Waals surface area contributed by atoms with Crippen molar-refractivity contribution in [3.05, 3.63) is 0 Å². The third-order valence-corrected chi connectivity index (χ3v) is 5.46. The van der Waals surface area contributed by atoms with E-state index in [0.717, 1.165) is 25.0 Å². The Labute approximate surface area is 112 Å². The number of hydrogen-bond acceptors (Lipinski definition) is 3. The molecule has 2 aliphatic rings. The molecule has 1 N–H and O–H groups in total. The second-order valence-corrected chi connectivity index (χ2v) is 6.21. The zero-order valence-corrected chi connectivity index (χ0v) is 12.5. The average molecular weight is 254 g/mol. The van der Waals surface area contributed by atoms with Gasteiger partial charge in [0.25, 0.3) is 0 Å². The van der Waals surface area contributed by atoms with E-state index < -0.39 is 0 Å². The maximum atomic E-state index is 5.49. The third kappa shape index (κ3) is 2.89. The molecule has 0 aromatic rings. The highest BCUT2D eigenvalue weighted by Crippen LogP contribution is 2.30. The van der Waals surface area contributed by atoms with Crippen LogP contribution in [0.2, 0.25) is 0 Å². The first kappa shape index (κ1) is 14.3. The summed E-state index contributed by atoms with van der Waals surface area (Å²) in [5.41, 5.74) is 0. The van der Waals surface area contributed by atoms with Crippen molar-refractivity contribution in [2.24, 2.45) is 11.8 Å². The highest BCUT2D eigenvalue weighted by molar-refractivity contribution is 4.91. The fourth-order valence-corrected chi connectivity index (χ4v) is 3.84. The Morgan fingerprint density at radius 1 is 1.17 bits per heavy atom. The van der Waals surface area contributed by atoms with Crippen molar-refractivity contribution in [3.8, 4) is 0 Å². The minimum Gasteiger partial charge on any atom is -0.381 e. The van der Waals surface area contributed by atoms with Gasteiger partial charge in [-0.05, 0) is 52.0 Å². The van der Waals surface area contributed by atoms with Crippen molar-refractivity contribution in [1.29, 1.82) is 0 Å². The zero-order valence-electron chi connectivity index (χ0n) is 12.5. The highest BCUT2D eigenvalue weighted by atomic mass is 16.5. The smallest absolute Gasteiger partial charge is 0.0469 e. The minimum absolute atomic E-state index is 0.689. The molecule has 2 heterocycles. The van der Waals surface area contributed by atoms with Crippen molar-refractivity contribution in [3.63, 3.8) is 0 Å². The Bertz CT molecular complexity index is 253. The van der Waals surface area contributed by atoms with E-state index in [1.165, 1.54) is 25.8 Å². The molecule has 0 bridgehead atoms. The number of rotatable bonds is 3. The van der Waals surface area contributed by atoms with Gasteiger partial charge in [-0.1, -0.05) is 6.92 Å². The Hall–Kier alpha value is -0.120. The molecule has 2 aliphatic heterocycles. The van der Waals surface area contributed by atoms with Gasteiger partial charge >= 0.3 is 0 Å². The number of ether oxygens (including phenoxy) is 1. The van der Waals surface area contributed by atoms with Gasteiger partial charge in [-0.2, -0.15) is 0 Å². The predicted molar refractivity (Wildman–Crippen MR) is 75.8 cm³/mol. The van der Waals surface area contributed by atoms with E-state index in [2.05, 4.69) is 38.0 Å². The summed E-state index contributed by atoms with van der Waals surface area (Å²) in [5.74, 6) is 1.57. The van der Waals surface area contributed by atoms with Gasteiger partial charge in [0.15, 0.2) is 0 Å². The molecule has 2 fully saturated rings. The molecule has 0 radical (unpaired) electrons. The summed E-state index contributed by atoms with van der Waals surface area (Å²) in [4.78, 5) is 2.74. The monoisotopic (exact) mass is 254 g/mol. The standard InChI is InChI=1S/C15H30N2O/c1-11-12(2)17(8-5-15(11)16-4)13(3)14-6-9-18-10-7-14/h11-16H,5-10H2,1-4H3. The lowest BCUT2D eigenvalue weighted by atomic mass is 9.83. The van der Waals surface area contributed by atoms with Crippen LogP contribution in [0, 0.1) is 11.8 Å². The van der Waals surface area contributed by atoms with Crippen molar-refractivity contribution in [2.45, 2.75) is 58.2 Å². The fourth-order valence-electron chi connectivity index (χ4n) is 3.84. The van der Waals surface area contributed by atoms with E-state index in [9.17, 15) is 0 Å². The molecule has 2 saturated heterocycles. The summed E-state index contributed by atoms with van der Waals surface area (Å²) in [5, 5.41) is 3.48. The third-order valence-electron chi connectivity index (χ3n) is 5.46. The quantitative estimate of drug-likeness (QED) is 0.835. The van der Waals surface area contributed by atoms with Crippen LogP contribution >= 0.6 is 0 Å². The lowest BCUT2D eigenvalue weighted by Crippen LogP contribution is -2.56. The lowest BCUT2D eigenvalue weighted by molar-refractivity contribution is -0.00806. The van der Waals surface area contributed by atoms with Crippen molar-refractivity contribution < 1.29 is 4.74 Å². The van der Waals surface area contributed by atoms with E-state index in [4.69, 9.17) is 4.74 Å². The first-order valence-corrected chi connectivity index (χ1v) is 7.66. The Morgan fingerprint density at radius 3 is 2.44 bits per heavy atom. The molecule has 0 aliphatic carbocycles. The topological polar surface area (TPSA) is 24.5 Å². The summed E-state index contributed by atoms with van der Waals surface area (Å²) < 4.78 is 5.49. The van der Waals surface area contributed by atoms with Crippen LogP contribution in [0.25, 0.3) is 0 Å². The molecular formula is C15H30N2O. The lowest BCUT2D eigenvalue weighted by Gasteiger charge is -2.48. The van der Waals surface area contributed by atoms with E-state index in [0.29, 0.717) is 18.1 Å². The zero-order chi connectivity index (χ0) is 13.1. The van der Waals surface area contributed by atoms with Gasteiger partial charge < -0.3 is 10.1 Å². The van der Waals surface area contributed by atoms with Crippen LogP contribution in [0.5, 0.6) is 0 Å². The first-order valence-electron chi connectivity index (χ1n) is 7.66. The van der Waals surface area contributed by atoms with Crippen LogP contribution in [-0.2, 0) is 4.74 Å². The average Bonchev–Trinajstić information content (AvgIpc) is 2.42. The van der Waals surface area contributed by atoms with E-state index >= 15 is 0 Å². The maximum absolute atomic E-state index is 5.49. The molecule has 4 atom stereocenters. The van der Waals surface area contributed by atoms with Gasteiger partial charge in [0, 0.05) is 37.9 Å². The second kappa shape index (κ2) is 6.36. The molecule has 106 valence electrons. The van der Waals surface area contributed by atoms with Crippen molar-refractivity contribution in [2.75, 3.05) is 26.8 Å². The highest BCUT2D eigenvalue weighted by Gasteiger charge is 2.36. The SMILES string of the molecule is CNC1CCN(C(C)C2CCOCC2)C(C)C1C. The van der Waals surface area contributed by atoms with Crippen molar-refractivity contribution in [1.82, 2.24) is 10.2 Å². The summed E-state index contributed by atoms with van der Waals surface area (Å²) in [6, 6.07) is 2.09. The van der Waals surface area contributed by atoms with E-state index in [1.807, 2.05) is 0 Å². The summed E-state index contributed by atoms with van der Waals surface area (Å²) >= 11 is 0. The van der Waals surface area contributed by atoms with E-state index in [1.54, 1.807) is 0 Å². The van der Waals surface area contributed by atoms with Gasteiger partial charge in [-0.25, -0.2) is 0 Å². The number of nitrogens with zero attached hydrogens (tertiary/aromatic N) is 1. The van der Waals surface area contributed by atoms with Gasteiger partial charge in [0.2, 0.25) is 0 Å². The van der Waals surface area contributed by atoms with Crippen molar-refractivity contribution >= 4 is 0 Å². The van der Waals surface area contributed by atoms with Crippen LogP contribution in [0.3, 0.4) is 0 Å². The molecule has 0 aromatic heterocycles. The largest absolute Gasteiger partial charge is 0.381 e. The number of likely N-dealkylation sites (tertiary alicyclic amines) is 1. The van der Waals surface area contributed by atoms with Gasteiger partial charge in [0.1, 0.15) is 0 Å². The summed E-state index contributed by atoms with van der Waals surface area (Å²) in [6.07, 6.45) is 3.78. The summed E-state index contributed by atoms with van der Waals surface area (Å²) in [6.45, 7) is 10.4. The van der Waals surface area contributed by atoms with Gasteiger partial charge in [-0.15, -0.1) is 0 Å². The first-order chi connectivity index (χ1) is 8.65. The molecule has 2 rings (SSSR count). The molecule has 0 saturated carbocycles. The van der Waals surface area contributed by atoms with Gasteiger partial charge in [0.05, 0.1) is 0 Å². The summed E-state index contributed by atoms with van der Waals surface area (Å²) in [7, 11) is 2.10. The molecule has 0 aromatic carbocycles. The van der Waals surface area contributed by atoms with E-state index in [-0.39, 0.29) is 0 Å². The number of hydrogen-bond donors (Lipinski definition) is 1. The molecule has 18 heavy (non-hydrogen) atoms. The molecule has 3 nitrogen and oxygen atoms in total. The maximum Gasteiger partial charge on any atom is 0.0469 e. The predicted octanol–water partition coefficient (Wildman–Crippen LogP) is 2.12. The Kier molecular flexibility index (Phi) is 5.05. The van der Waals surface area contributed by atoms with Crippen LogP contribution in [0.4, 0.5) is 0 Å². The Balaban J connectivity index is 1.95. The minimum atomic E-state index is 0.689.